The number of benzene rings is 10. The molecule has 10 aromatic carbocycles. The van der Waals surface area contributed by atoms with Gasteiger partial charge in [0.15, 0.2) is 0 Å². The van der Waals surface area contributed by atoms with Crippen molar-refractivity contribution in [2.45, 2.75) is 19.3 Å². The molecule has 288 valence electrons. The van der Waals surface area contributed by atoms with Crippen molar-refractivity contribution in [2.24, 2.45) is 0 Å². The van der Waals surface area contributed by atoms with E-state index in [2.05, 4.69) is 231 Å². The third kappa shape index (κ3) is 5.56. The molecular formula is C59H41NO. The third-order valence-corrected chi connectivity index (χ3v) is 13.0. The van der Waals surface area contributed by atoms with Crippen molar-refractivity contribution in [2.75, 3.05) is 4.90 Å². The van der Waals surface area contributed by atoms with Gasteiger partial charge in [0.1, 0.15) is 11.2 Å². The first-order valence-corrected chi connectivity index (χ1v) is 21.2. The van der Waals surface area contributed by atoms with E-state index in [0.717, 1.165) is 55.5 Å². The van der Waals surface area contributed by atoms with Gasteiger partial charge in [-0.25, -0.2) is 0 Å². The van der Waals surface area contributed by atoms with Crippen molar-refractivity contribution < 1.29 is 4.42 Å². The summed E-state index contributed by atoms with van der Waals surface area (Å²) in [6.45, 7) is 4.72. The lowest BCUT2D eigenvalue weighted by Gasteiger charge is -2.29. The van der Waals surface area contributed by atoms with Crippen LogP contribution in [-0.2, 0) is 5.41 Å². The molecule has 2 heteroatoms. The normalized spacial score (nSPS) is 12.9. The molecule has 61 heavy (non-hydrogen) atoms. The topological polar surface area (TPSA) is 16.4 Å². The maximum Gasteiger partial charge on any atom is 0.145 e. The number of hydrogen-bond acceptors (Lipinski definition) is 2. The van der Waals surface area contributed by atoms with E-state index in [1.165, 1.54) is 60.7 Å². The smallest absolute Gasteiger partial charge is 0.145 e. The fraction of sp³-hybridized carbons (Fsp3) is 0.0508. The molecule has 2 nitrogen and oxygen atoms in total. The molecule has 1 aliphatic rings. The Morgan fingerprint density at radius 2 is 0.967 bits per heavy atom. The lowest BCUT2D eigenvalue weighted by Crippen LogP contribution is -2.16. The Morgan fingerprint density at radius 3 is 1.77 bits per heavy atom. The molecule has 0 radical (unpaired) electrons. The predicted octanol–water partition coefficient (Wildman–Crippen LogP) is 16.7. The molecule has 1 aromatic heterocycles. The molecule has 0 atom stereocenters. The first-order valence-electron chi connectivity index (χ1n) is 21.2. The second-order valence-electron chi connectivity index (χ2n) is 16.9. The van der Waals surface area contributed by atoms with Crippen LogP contribution in [0.2, 0.25) is 0 Å². The lowest BCUT2D eigenvalue weighted by molar-refractivity contribution is 0.660. The second kappa shape index (κ2) is 13.7. The Balaban J connectivity index is 1.17. The van der Waals surface area contributed by atoms with Crippen LogP contribution >= 0.6 is 0 Å². The van der Waals surface area contributed by atoms with Gasteiger partial charge in [0.05, 0.1) is 11.1 Å². The van der Waals surface area contributed by atoms with E-state index in [4.69, 9.17) is 4.42 Å². The molecule has 0 spiro atoms. The predicted molar refractivity (Wildman–Crippen MR) is 257 cm³/mol. The van der Waals surface area contributed by atoms with Crippen molar-refractivity contribution in [3.8, 4) is 44.5 Å². The molecule has 0 unspecified atom stereocenters. The minimum absolute atomic E-state index is 0.161. The Kier molecular flexibility index (Phi) is 7.92. The van der Waals surface area contributed by atoms with Gasteiger partial charge in [0.2, 0.25) is 0 Å². The molecule has 12 rings (SSSR count). The van der Waals surface area contributed by atoms with E-state index in [1.807, 2.05) is 0 Å². The summed E-state index contributed by atoms with van der Waals surface area (Å²) in [5, 5.41) is 6.86. The van der Waals surface area contributed by atoms with Crippen LogP contribution < -0.4 is 4.90 Å². The minimum Gasteiger partial charge on any atom is -0.455 e. The summed E-state index contributed by atoms with van der Waals surface area (Å²) >= 11 is 0. The van der Waals surface area contributed by atoms with Crippen molar-refractivity contribution >= 4 is 60.5 Å². The maximum atomic E-state index is 7.32. The van der Waals surface area contributed by atoms with E-state index in [0.29, 0.717) is 0 Å². The number of anilines is 3. The van der Waals surface area contributed by atoms with Crippen LogP contribution in [0.25, 0.3) is 88.0 Å². The number of hydrogen-bond donors (Lipinski definition) is 0. The molecule has 0 N–H and O–H groups in total. The summed E-state index contributed by atoms with van der Waals surface area (Å²) in [6, 6.07) is 77.3. The standard InChI is InChI=1S/C59H41NO/c1-59(2)53-24-14-13-22-48(53)49-32-31-45(36-54(49)59)60(44-29-27-40(28-30-44)38-15-5-3-6-16-38)55-34-33-46(43-26-25-39-17-9-10-20-42(39)35-43)58-56(55)52-37-51(41-18-7-4-8-19-41)47-21-11-12-23-50(47)57(52)61-58/h3-37H,1-2H3. The van der Waals surface area contributed by atoms with Gasteiger partial charge in [-0.3, -0.25) is 0 Å². The quantitative estimate of drug-likeness (QED) is 0.167. The van der Waals surface area contributed by atoms with Gasteiger partial charge in [0, 0.05) is 33.1 Å². The molecule has 0 bridgehead atoms. The van der Waals surface area contributed by atoms with Crippen LogP contribution in [-0.4, -0.2) is 0 Å². The average Bonchev–Trinajstić information content (AvgIpc) is 3.82. The van der Waals surface area contributed by atoms with Crippen molar-refractivity contribution in [3.05, 3.63) is 223 Å². The Hall–Kier alpha value is -7.68. The van der Waals surface area contributed by atoms with Gasteiger partial charge < -0.3 is 9.32 Å². The highest BCUT2D eigenvalue weighted by atomic mass is 16.3. The molecule has 0 aliphatic heterocycles. The van der Waals surface area contributed by atoms with Gasteiger partial charge >= 0.3 is 0 Å². The maximum absolute atomic E-state index is 7.32. The molecule has 0 saturated carbocycles. The largest absolute Gasteiger partial charge is 0.455 e. The van der Waals surface area contributed by atoms with Gasteiger partial charge in [-0.15, -0.1) is 0 Å². The van der Waals surface area contributed by atoms with Crippen molar-refractivity contribution in [1.82, 2.24) is 0 Å². The highest BCUT2D eigenvalue weighted by molar-refractivity contribution is 6.24. The molecule has 0 amide bonds. The van der Waals surface area contributed by atoms with E-state index in [-0.39, 0.29) is 5.41 Å². The van der Waals surface area contributed by atoms with Gasteiger partial charge in [-0.2, -0.15) is 0 Å². The van der Waals surface area contributed by atoms with Crippen LogP contribution in [0.3, 0.4) is 0 Å². The fourth-order valence-electron chi connectivity index (χ4n) is 10.0. The van der Waals surface area contributed by atoms with Crippen LogP contribution in [0.1, 0.15) is 25.0 Å². The molecular weight excluding hydrogens is 739 g/mol. The first-order chi connectivity index (χ1) is 30.0. The van der Waals surface area contributed by atoms with E-state index < -0.39 is 0 Å². The summed E-state index contributed by atoms with van der Waals surface area (Å²) in [5.74, 6) is 0. The summed E-state index contributed by atoms with van der Waals surface area (Å²) in [5.41, 5.74) is 17.1. The van der Waals surface area contributed by atoms with E-state index >= 15 is 0 Å². The first kappa shape index (κ1) is 35.3. The highest BCUT2D eigenvalue weighted by Gasteiger charge is 2.36. The van der Waals surface area contributed by atoms with Gasteiger partial charge in [0.25, 0.3) is 0 Å². The summed E-state index contributed by atoms with van der Waals surface area (Å²) in [7, 11) is 0. The van der Waals surface area contributed by atoms with Crippen molar-refractivity contribution in [1.29, 1.82) is 0 Å². The Morgan fingerprint density at radius 1 is 0.361 bits per heavy atom. The lowest BCUT2D eigenvalue weighted by atomic mass is 9.82. The SMILES string of the molecule is CC1(C)c2ccccc2-c2ccc(N(c3ccc(-c4ccccc4)cc3)c3ccc(-c4ccc5ccccc5c4)c4oc5c6ccccc6c(-c6ccccc6)cc5c34)cc21. The van der Waals surface area contributed by atoms with Crippen LogP contribution in [0.4, 0.5) is 17.1 Å². The molecule has 0 fully saturated rings. The highest BCUT2D eigenvalue weighted by Crippen LogP contribution is 2.53. The fourth-order valence-corrected chi connectivity index (χ4v) is 10.0. The summed E-state index contributed by atoms with van der Waals surface area (Å²) in [6.07, 6.45) is 0. The van der Waals surface area contributed by atoms with Crippen LogP contribution in [0.15, 0.2) is 217 Å². The zero-order valence-electron chi connectivity index (χ0n) is 34.1. The molecule has 11 aromatic rings. The Bertz CT molecular complexity index is 3490. The molecule has 1 heterocycles. The molecule has 1 aliphatic carbocycles. The molecule has 0 saturated heterocycles. The number of rotatable bonds is 6. The van der Waals surface area contributed by atoms with E-state index in [9.17, 15) is 0 Å². The summed E-state index contributed by atoms with van der Waals surface area (Å²) in [4.78, 5) is 2.45. The number of nitrogens with zero attached hydrogens (tertiary/aromatic N) is 1. The number of furan rings is 1. The Labute approximate surface area is 355 Å². The third-order valence-electron chi connectivity index (χ3n) is 13.0. The van der Waals surface area contributed by atoms with Gasteiger partial charge in [-0.05, 0) is 115 Å². The van der Waals surface area contributed by atoms with Crippen molar-refractivity contribution in [3.63, 3.8) is 0 Å². The zero-order chi connectivity index (χ0) is 40.7. The van der Waals surface area contributed by atoms with Crippen LogP contribution in [0, 0.1) is 0 Å². The number of fused-ring (bicyclic) bond motifs is 9. The van der Waals surface area contributed by atoms with E-state index in [1.54, 1.807) is 0 Å². The average molecular weight is 780 g/mol. The van der Waals surface area contributed by atoms with Crippen LogP contribution in [0.5, 0.6) is 0 Å². The summed E-state index contributed by atoms with van der Waals surface area (Å²) < 4.78 is 7.32. The zero-order valence-corrected chi connectivity index (χ0v) is 34.1. The monoisotopic (exact) mass is 779 g/mol. The van der Waals surface area contributed by atoms with Gasteiger partial charge in [-0.1, -0.05) is 178 Å². The second-order valence-corrected chi connectivity index (χ2v) is 16.9. The minimum atomic E-state index is -0.161.